The summed E-state index contributed by atoms with van der Waals surface area (Å²) in [6, 6.07) is 0. The third-order valence-electron chi connectivity index (χ3n) is 12.5. The lowest BCUT2D eigenvalue weighted by Gasteiger charge is -2.28. The molecule has 2 atom stereocenters. The van der Waals surface area contributed by atoms with Crippen molar-refractivity contribution in [2.75, 3.05) is 47.5 Å². The normalized spacial score (nSPS) is 13.7. The van der Waals surface area contributed by atoms with E-state index >= 15 is 0 Å². The minimum absolute atomic E-state index is 0.0317. The van der Waals surface area contributed by atoms with E-state index in [4.69, 9.17) is 18.5 Å². The van der Waals surface area contributed by atoms with E-state index in [1.54, 1.807) is 0 Å². The van der Waals surface area contributed by atoms with Crippen LogP contribution in [0.25, 0.3) is 0 Å². The molecule has 9 nitrogen and oxygen atoms in total. The van der Waals surface area contributed by atoms with Crippen LogP contribution < -0.4 is 4.89 Å². The Bertz CT molecular complexity index is 1370. The fraction of sp³-hybridized carbons (Fsp3) is 0.800. The molecule has 0 aliphatic rings. The number of carbonyl (C=O) groups is 2. The molecule has 408 valence electrons. The van der Waals surface area contributed by atoms with E-state index in [1.165, 1.54) is 148 Å². The Morgan fingerprint density at radius 2 is 0.814 bits per heavy atom. The van der Waals surface area contributed by atoms with E-state index in [9.17, 15) is 19.0 Å². The first-order valence-corrected chi connectivity index (χ1v) is 30.5. The van der Waals surface area contributed by atoms with Crippen LogP contribution in [0.1, 0.15) is 258 Å². The number of hydrogen-bond acceptors (Lipinski definition) is 8. The zero-order valence-corrected chi connectivity index (χ0v) is 47.1. The van der Waals surface area contributed by atoms with Crippen molar-refractivity contribution in [3.8, 4) is 0 Å². The molecule has 0 aromatic rings. The van der Waals surface area contributed by atoms with Gasteiger partial charge in [-0.15, -0.1) is 0 Å². The van der Waals surface area contributed by atoms with Crippen molar-refractivity contribution in [1.82, 2.24) is 0 Å². The number of nitrogens with zero attached hydrogens (tertiary/aromatic N) is 1. The number of quaternary nitrogens is 1. The summed E-state index contributed by atoms with van der Waals surface area (Å²) < 4.78 is 34.1. The third-order valence-corrected chi connectivity index (χ3v) is 13.5. The van der Waals surface area contributed by atoms with Gasteiger partial charge in [0.05, 0.1) is 27.7 Å². The lowest BCUT2D eigenvalue weighted by atomic mass is 10.0. The van der Waals surface area contributed by atoms with Crippen molar-refractivity contribution >= 4 is 19.8 Å². The van der Waals surface area contributed by atoms with E-state index in [0.717, 1.165) is 77.0 Å². The van der Waals surface area contributed by atoms with E-state index in [0.29, 0.717) is 17.4 Å². The van der Waals surface area contributed by atoms with Gasteiger partial charge in [-0.1, -0.05) is 229 Å². The zero-order valence-electron chi connectivity index (χ0n) is 46.2. The summed E-state index contributed by atoms with van der Waals surface area (Å²) in [5, 5.41) is 0. The van der Waals surface area contributed by atoms with Crippen LogP contribution in [0.4, 0.5) is 0 Å². The summed E-state index contributed by atoms with van der Waals surface area (Å²) in [6.45, 7) is 4.14. The first kappa shape index (κ1) is 67.7. The molecule has 0 aromatic heterocycles. The number of allylic oxidation sites excluding steroid dienone is 10. The van der Waals surface area contributed by atoms with Gasteiger partial charge in [-0.25, -0.2) is 0 Å². The van der Waals surface area contributed by atoms with Crippen LogP contribution in [0.2, 0.25) is 0 Å². The second kappa shape index (κ2) is 51.6. The maximum atomic E-state index is 12.8. The molecule has 0 fully saturated rings. The molecule has 0 aromatic carbocycles. The number of esters is 2. The quantitative estimate of drug-likeness (QED) is 0.0195. The van der Waals surface area contributed by atoms with Crippen molar-refractivity contribution in [1.29, 1.82) is 0 Å². The fourth-order valence-corrected chi connectivity index (χ4v) is 8.78. The number of rotatable bonds is 53. The highest BCUT2D eigenvalue weighted by molar-refractivity contribution is 7.45. The van der Waals surface area contributed by atoms with Gasteiger partial charge in [0.1, 0.15) is 19.8 Å². The Kier molecular flexibility index (Phi) is 49.9. The zero-order chi connectivity index (χ0) is 51.3. The van der Waals surface area contributed by atoms with Gasteiger partial charge in [0.2, 0.25) is 0 Å². The van der Waals surface area contributed by atoms with Crippen molar-refractivity contribution < 1.29 is 42.1 Å². The predicted molar refractivity (Wildman–Crippen MR) is 296 cm³/mol. The standard InChI is InChI=1S/C60H110NO8P/c1-6-8-10-12-14-16-18-20-22-24-25-26-27-28-29-30-31-32-33-34-35-37-39-41-43-45-47-49-51-53-60(63)69-58(57-68-70(64,65)67-55-54-61(3,4)5)56-66-59(62)52-50-48-46-44-42-40-38-36-23-21-19-17-15-13-11-9-7-2/h8,10,14,16,20-23,25-26,58H,6-7,9,11-13,15,17-19,24,27-57H2,1-5H3/b10-8-,16-14-,22-20-,23-21-,26-25-. The molecule has 0 saturated heterocycles. The molecule has 0 aliphatic carbocycles. The van der Waals surface area contributed by atoms with Crippen molar-refractivity contribution in [3.05, 3.63) is 60.8 Å². The maximum Gasteiger partial charge on any atom is 0.306 e. The Morgan fingerprint density at radius 1 is 0.457 bits per heavy atom. The largest absolute Gasteiger partial charge is 0.756 e. The molecule has 0 rings (SSSR count). The van der Waals surface area contributed by atoms with Crippen LogP contribution in [-0.4, -0.2) is 70.0 Å². The summed E-state index contributed by atoms with van der Waals surface area (Å²) in [4.78, 5) is 37.8. The van der Waals surface area contributed by atoms with Gasteiger partial charge in [-0.2, -0.15) is 0 Å². The van der Waals surface area contributed by atoms with Crippen molar-refractivity contribution in [2.24, 2.45) is 0 Å². The molecule has 0 amide bonds. The molecule has 0 bridgehead atoms. The number of carbonyl (C=O) groups excluding carboxylic acids is 2. The van der Waals surface area contributed by atoms with Crippen LogP contribution in [0, 0.1) is 0 Å². The molecule has 2 unspecified atom stereocenters. The molecule has 0 radical (unpaired) electrons. The molecule has 0 aliphatic heterocycles. The van der Waals surface area contributed by atoms with E-state index in [1.807, 2.05) is 21.1 Å². The number of phosphoric acid groups is 1. The highest BCUT2D eigenvalue weighted by Gasteiger charge is 2.22. The molecule has 0 heterocycles. The maximum absolute atomic E-state index is 12.8. The number of ether oxygens (including phenoxy) is 2. The number of likely N-dealkylation sites (N-methyl/N-ethyl adjacent to an activating group) is 1. The van der Waals surface area contributed by atoms with E-state index in [2.05, 4.69) is 74.6 Å². The minimum atomic E-state index is -4.64. The Labute approximate surface area is 432 Å². The predicted octanol–water partition coefficient (Wildman–Crippen LogP) is 17.3. The number of hydrogen-bond donors (Lipinski definition) is 0. The summed E-state index contributed by atoms with van der Waals surface area (Å²) >= 11 is 0. The van der Waals surface area contributed by atoms with Crippen LogP contribution in [0.5, 0.6) is 0 Å². The smallest absolute Gasteiger partial charge is 0.306 e. The van der Waals surface area contributed by atoms with Gasteiger partial charge >= 0.3 is 11.9 Å². The highest BCUT2D eigenvalue weighted by atomic mass is 31.2. The van der Waals surface area contributed by atoms with Crippen LogP contribution in [0.15, 0.2) is 60.8 Å². The minimum Gasteiger partial charge on any atom is -0.756 e. The molecule has 0 N–H and O–H groups in total. The third kappa shape index (κ3) is 55.0. The summed E-state index contributed by atoms with van der Waals surface area (Å²) in [5.41, 5.74) is 0. The average Bonchev–Trinajstić information content (AvgIpc) is 3.32. The molecule has 10 heteroatoms. The average molecular weight is 1000 g/mol. The Balaban J connectivity index is 4.11. The molecule has 0 spiro atoms. The Hall–Kier alpha value is -2.29. The van der Waals surface area contributed by atoms with Crippen LogP contribution >= 0.6 is 7.82 Å². The van der Waals surface area contributed by atoms with Crippen molar-refractivity contribution in [2.45, 2.75) is 264 Å². The topological polar surface area (TPSA) is 111 Å². The Morgan fingerprint density at radius 3 is 1.23 bits per heavy atom. The van der Waals surface area contributed by atoms with Crippen LogP contribution in [-0.2, 0) is 32.7 Å². The number of phosphoric ester groups is 1. The van der Waals surface area contributed by atoms with Gasteiger partial charge < -0.3 is 27.9 Å². The number of unbranched alkanes of at least 4 members (excludes halogenated alkanes) is 29. The first-order valence-electron chi connectivity index (χ1n) is 29.0. The molecular formula is C60H110NO8P. The van der Waals surface area contributed by atoms with Crippen molar-refractivity contribution in [3.63, 3.8) is 0 Å². The van der Waals surface area contributed by atoms with E-state index < -0.39 is 26.5 Å². The summed E-state index contributed by atoms with van der Waals surface area (Å²) in [7, 11) is 1.17. The second-order valence-electron chi connectivity index (χ2n) is 20.6. The van der Waals surface area contributed by atoms with Gasteiger partial charge in [0.25, 0.3) is 7.82 Å². The van der Waals surface area contributed by atoms with Gasteiger partial charge in [-0.05, 0) is 77.0 Å². The second-order valence-corrected chi connectivity index (χ2v) is 22.0. The lowest BCUT2D eigenvalue weighted by Crippen LogP contribution is -2.37. The monoisotopic (exact) mass is 1000 g/mol. The summed E-state index contributed by atoms with van der Waals surface area (Å²) in [6.07, 6.45) is 65.5. The first-order chi connectivity index (χ1) is 34.0. The van der Waals surface area contributed by atoms with Crippen LogP contribution in [0.3, 0.4) is 0 Å². The highest BCUT2D eigenvalue weighted by Crippen LogP contribution is 2.38. The fourth-order valence-electron chi connectivity index (χ4n) is 8.05. The van der Waals surface area contributed by atoms with E-state index in [-0.39, 0.29) is 32.0 Å². The molecule has 0 saturated carbocycles. The van der Waals surface area contributed by atoms with Gasteiger partial charge in [0, 0.05) is 12.8 Å². The lowest BCUT2D eigenvalue weighted by molar-refractivity contribution is -0.870. The molecule has 70 heavy (non-hydrogen) atoms. The molecular weight excluding hydrogens is 894 g/mol. The SMILES string of the molecule is CC/C=C\C/C=C\C/C=C\C/C=C\CCCCCCCCCCCCCCCCCCC(=O)OC(COC(=O)CCCCCCCCC/C=C\CCCCCCCC)COP(=O)([O-])OCC[N+](C)(C)C. The van der Waals surface area contributed by atoms with Gasteiger partial charge in [0.15, 0.2) is 6.10 Å². The van der Waals surface area contributed by atoms with Gasteiger partial charge in [-0.3, -0.25) is 14.2 Å². The summed E-state index contributed by atoms with van der Waals surface area (Å²) in [5.74, 6) is -0.831.